The topological polar surface area (TPSA) is 62.2 Å². The molecular formula is C24H27ClF4N2O4. The number of carboxylic acids is 1. The van der Waals surface area contributed by atoms with Crippen LogP contribution in [-0.4, -0.2) is 56.1 Å². The second kappa shape index (κ2) is 10.8. The van der Waals surface area contributed by atoms with E-state index in [-0.39, 0.29) is 43.7 Å². The van der Waals surface area contributed by atoms with Gasteiger partial charge in [-0.3, -0.25) is 4.79 Å². The molecule has 2 fully saturated rings. The minimum Gasteiger partial charge on any atom is -0.497 e. The largest absolute Gasteiger partial charge is 0.497 e. The smallest absolute Gasteiger partial charge is 0.393 e. The van der Waals surface area contributed by atoms with Crippen molar-refractivity contribution in [2.45, 2.75) is 37.6 Å². The van der Waals surface area contributed by atoms with Crippen LogP contribution in [-0.2, 0) is 4.79 Å². The number of nitrogens with zero attached hydrogens (tertiary/aromatic N) is 2. The first kappa shape index (κ1) is 26.7. The molecule has 2 aromatic carbocycles. The fourth-order valence-corrected chi connectivity index (χ4v) is 4.68. The average Bonchev–Trinajstić information content (AvgIpc) is 3.41. The molecular weight excluding hydrogens is 492 g/mol. The zero-order chi connectivity index (χ0) is 24.5. The molecule has 0 radical (unpaired) electrons. The summed E-state index contributed by atoms with van der Waals surface area (Å²) in [6.45, 7) is 0.813. The molecule has 4 rings (SSSR count). The normalized spacial score (nSPS) is 22.1. The minimum atomic E-state index is -4.37. The van der Waals surface area contributed by atoms with E-state index >= 15 is 0 Å². The Morgan fingerprint density at radius 3 is 2.43 bits per heavy atom. The highest BCUT2D eigenvalue weighted by Gasteiger charge is 2.47. The van der Waals surface area contributed by atoms with E-state index in [1.54, 1.807) is 36.4 Å². The average molecular weight is 519 g/mol. The van der Waals surface area contributed by atoms with Gasteiger partial charge >= 0.3 is 12.1 Å². The molecule has 0 aliphatic carbocycles. The predicted octanol–water partition coefficient (Wildman–Crippen LogP) is 5.15. The Labute approximate surface area is 206 Å². The number of methoxy groups -OCH3 is 1. The Morgan fingerprint density at radius 2 is 1.80 bits per heavy atom. The Balaban J connectivity index is 0.00000342. The lowest BCUT2D eigenvalue weighted by Crippen LogP contribution is -2.32. The van der Waals surface area contributed by atoms with E-state index in [1.165, 1.54) is 18.1 Å². The van der Waals surface area contributed by atoms with Crippen LogP contribution in [0.3, 0.4) is 0 Å². The third-order valence-electron chi connectivity index (χ3n) is 6.40. The molecule has 6 nitrogen and oxygen atoms in total. The number of aliphatic carboxylic acids is 1. The quantitative estimate of drug-likeness (QED) is 0.512. The lowest BCUT2D eigenvalue weighted by molar-refractivity contribution is -0.169. The number of carbonyl (C=O) groups is 1. The molecule has 35 heavy (non-hydrogen) atoms. The maximum absolute atomic E-state index is 14.3. The lowest BCUT2D eigenvalue weighted by Gasteiger charge is -2.26. The van der Waals surface area contributed by atoms with Gasteiger partial charge in [0.25, 0.3) is 0 Å². The number of halogens is 5. The molecule has 0 saturated carbocycles. The van der Waals surface area contributed by atoms with Crippen LogP contribution in [0.1, 0.15) is 19.3 Å². The van der Waals surface area contributed by atoms with Crippen LogP contribution >= 0.6 is 12.4 Å². The molecule has 2 heterocycles. The van der Waals surface area contributed by atoms with Gasteiger partial charge in [-0.1, -0.05) is 0 Å². The summed E-state index contributed by atoms with van der Waals surface area (Å²) in [5.74, 6) is -1.93. The van der Waals surface area contributed by atoms with Gasteiger partial charge in [-0.25, -0.2) is 4.39 Å². The second-order valence-electron chi connectivity index (χ2n) is 8.66. The summed E-state index contributed by atoms with van der Waals surface area (Å²) in [6, 6.07) is 10.5. The third kappa shape index (κ3) is 6.22. The fourth-order valence-electron chi connectivity index (χ4n) is 4.68. The van der Waals surface area contributed by atoms with Crippen LogP contribution in [0.15, 0.2) is 42.5 Å². The van der Waals surface area contributed by atoms with Crippen molar-refractivity contribution in [3.8, 4) is 11.5 Å². The first-order valence-corrected chi connectivity index (χ1v) is 11.0. The summed E-state index contributed by atoms with van der Waals surface area (Å²) in [5.41, 5.74) is 0.968. The van der Waals surface area contributed by atoms with Gasteiger partial charge in [0.2, 0.25) is 0 Å². The lowest BCUT2D eigenvalue weighted by atomic mass is 10.0. The van der Waals surface area contributed by atoms with Crippen LogP contribution in [0.25, 0.3) is 0 Å². The first-order chi connectivity index (χ1) is 16.1. The highest BCUT2D eigenvalue weighted by molar-refractivity contribution is 5.85. The van der Waals surface area contributed by atoms with Gasteiger partial charge in [0, 0.05) is 37.3 Å². The number of hydrogen-bond donors (Lipinski definition) is 1. The zero-order valence-electron chi connectivity index (χ0n) is 19.0. The van der Waals surface area contributed by atoms with Crippen molar-refractivity contribution in [2.24, 2.45) is 5.92 Å². The van der Waals surface area contributed by atoms with E-state index in [2.05, 4.69) is 0 Å². The van der Waals surface area contributed by atoms with Gasteiger partial charge in [0.1, 0.15) is 23.4 Å². The van der Waals surface area contributed by atoms with Crippen molar-refractivity contribution in [1.29, 1.82) is 0 Å². The molecule has 0 amide bonds. The Kier molecular flexibility index (Phi) is 8.25. The zero-order valence-corrected chi connectivity index (χ0v) is 19.8. The van der Waals surface area contributed by atoms with E-state index in [0.29, 0.717) is 42.4 Å². The summed E-state index contributed by atoms with van der Waals surface area (Å²) in [4.78, 5) is 14.6. The van der Waals surface area contributed by atoms with Gasteiger partial charge in [-0.15, -0.1) is 12.4 Å². The Morgan fingerprint density at radius 1 is 1.11 bits per heavy atom. The molecule has 0 spiro atoms. The molecule has 3 atom stereocenters. The predicted molar refractivity (Wildman–Crippen MR) is 125 cm³/mol. The second-order valence-corrected chi connectivity index (χ2v) is 8.66. The van der Waals surface area contributed by atoms with E-state index in [4.69, 9.17) is 14.6 Å². The number of anilines is 2. The fraction of sp³-hybridized carbons (Fsp3) is 0.458. The molecule has 2 aliphatic rings. The van der Waals surface area contributed by atoms with E-state index in [9.17, 15) is 22.4 Å². The van der Waals surface area contributed by atoms with Gasteiger partial charge in [-0.2, -0.15) is 13.2 Å². The molecule has 11 heteroatoms. The number of ether oxygens (including phenoxy) is 2. The molecule has 192 valence electrons. The van der Waals surface area contributed by atoms with Crippen molar-refractivity contribution >= 4 is 29.8 Å². The Bertz CT molecular complexity index is 1020. The summed E-state index contributed by atoms with van der Waals surface area (Å²) in [7, 11) is 1.52. The SMILES string of the molecule is COc1ccc(F)c(N2CCC(Oc3ccc(N4C[C@H](C(F)(F)F)C[C@@H]4CC(=O)O)cc3)C2)c1.Cl. The summed E-state index contributed by atoms with van der Waals surface area (Å²) < 4.78 is 65.2. The molecule has 1 unspecified atom stereocenters. The van der Waals surface area contributed by atoms with Crippen molar-refractivity contribution < 1.29 is 36.9 Å². The van der Waals surface area contributed by atoms with Gasteiger partial charge in [0.05, 0.1) is 31.7 Å². The summed E-state index contributed by atoms with van der Waals surface area (Å²) in [6.07, 6.45) is -4.47. The van der Waals surface area contributed by atoms with Crippen LogP contribution in [0.4, 0.5) is 28.9 Å². The van der Waals surface area contributed by atoms with Gasteiger partial charge < -0.3 is 24.4 Å². The molecule has 2 saturated heterocycles. The molecule has 0 aromatic heterocycles. The minimum absolute atomic E-state index is 0. The van der Waals surface area contributed by atoms with E-state index in [0.717, 1.165) is 0 Å². The number of alkyl halides is 3. The van der Waals surface area contributed by atoms with E-state index < -0.39 is 24.1 Å². The van der Waals surface area contributed by atoms with Crippen molar-refractivity contribution in [2.75, 3.05) is 36.5 Å². The molecule has 2 aliphatic heterocycles. The number of carboxylic acid groups (broad SMARTS) is 1. The van der Waals surface area contributed by atoms with Crippen LogP contribution in [0.5, 0.6) is 11.5 Å². The molecule has 1 N–H and O–H groups in total. The van der Waals surface area contributed by atoms with Crippen molar-refractivity contribution in [3.05, 3.63) is 48.3 Å². The molecule has 2 aromatic rings. The first-order valence-electron chi connectivity index (χ1n) is 11.0. The maximum Gasteiger partial charge on any atom is 0.393 e. The Hall–Kier alpha value is -2.88. The monoisotopic (exact) mass is 518 g/mol. The third-order valence-corrected chi connectivity index (χ3v) is 6.40. The number of benzene rings is 2. The van der Waals surface area contributed by atoms with Crippen LogP contribution < -0.4 is 19.3 Å². The van der Waals surface area contributed by atoms with Crippen LogP contribution in [0, 0.1) is 11.7 Å². The van der Waals surface area contributed by atoms with Crippen LogP contribution in [0.2, 0.25) is 0 Å². The summed E-state index contributed by atoms with van der Waals surface area (Å²) >= 11 is 0. The maximum atomic E-state index is 14.3. The van der Waals surface area contributed by atoms with Crippen molar-refractivity contribution in [3.63, 3.8) is 0 Å². The number of hydrogen-bond acceptors (Lipinski definition) is 5. The van der Waals surface area contributed by atoms with Crippen molar-refractivity contribution in [1.82, 2.24) is 0 Å². The molecule has 0 bridgehead atoms. The van der Waals surface area contributed by atoms with Gasteiger partial charge in [0.15, 0.2) is 0 Å². The van der Waals surface area contributed by atoms with Gasteiger partial charge in [-0.05, 0) is 42.8 Å². The van der Waals surface area contributed by atoms with E-state index in [1.807, 2.05) is 4.90 Å². The standard InChI is InChI=1S/C24H26F4N2O4.ClH/c1-33-19-6-7-21(25)22(12-19)29-9-8-20(14-29)34-18-4-2-16(3-5-18)30-13-15(24(26,27)28)10-17(30)11-23(31)32;/h2-7,12,15,17,20H,8-11,13-14H2,1H3,(H,31,32);1H/t15-,17-,20?;/m1./s1. The summed E-state index contributed by atoms with van der Waals surface area (Å²) in [5, 5.41) is 9.12. The number of rotatable bonds is 7. The highest BCUT2D eigenvalue weighted by Crippen LogP contribution is 2.40. The highest BCUT2D eigenvalue weighted by atomic mass is 35.5.